The van der Waals surface area contributed by atoms with Gasteiger partial charge in [-0.2, -0.15) is 12.7 Å². The first-order chi connectivity index (χ1) is 9.53. The zero-order valence-corrected chi connectivity index (χ0v) is 13.3. The van der Waals surface area contributed by atoms with Gasteiger partial charge >= 0.3 is 0 Å². The van der Waals surface area contributed by atoms with Gasteiger partial charge in [-0.1, -0.05) is 6.42 Å². The number of thiazole rings is 1. The largest absolute Gasteiger partial charge is 0.329 e. The minimum Gasteiger partial charge on any atom is -0.329 e. The molecule has 1 fully saturated rings. The van der Waals surface area contributed by atoms with Gasteiger partial charge in [0.15, 0.2) is 0 Å². The Morgan fingerprint density at radius 1 is 1.55 bits per heavy atom. The van der Waals surface area contributed by atoms with E-state index in [1.165, 1.54) is 4.31 Å². The minimum absolute atomic E-state index is 0.0669. The predicted molar refractivity (Wildman–Crippen MR) is 80.9 cm³/mol. The van der Waals surface area contributed by atoms with E-state index in [2.05, 4.69) is 9.71 Å². The molecule has 1 saturated heterocycles. The molecular weight excluding hydrogens is 296 g/mol. The third kappa shape index (κ3) is 3.98. The van der Waals surface area contributed by atoms with Crippen LogP contribution in [0, 0.1) is 6.92 Å². The van der Waals surface area contributed by atoms with Crippen LogP contribution < -0.4 is 10.5 Å². The van der Waals surface area contributed by atoms with E-state index in [-0.39, 0.29) is 6.04 Å². The van der Waals surface area contributed by atoms with E-state index in [4.69, 9.17) is 5.73 Å². The Hall–Kier alpha value is -0.540. The van der Waals surface area contributed by atoms with E-state index in [9.17, 15) is 8.42 Å². The summed E-state index contributed by atoms with van der Waals surface area (Å²) in [7, 11) is -3.43. The summed E-state index contributed by atoms with van der Waals surface area (Å²) in [6.45, 7) is 3.26. The lowest BCUT2D eigenvalue weighted by atomic mass is 10.1. The summed E-state index contributed by atoms with van der Waals surface area (Å²) in [6, 6.07) is -0.0669. The molecule has 0 radical (unpaired) electrons. The maximum Gasteiger partial charge on any atom is 0.279 e. The molecule has 1 aliphatic heterocycles. The second kappa shape index (κ2) is 6.95. The van der Waals surface area contributed by atoms with Gasteiger partial charge in [0.05, 0.1) is 10.7 Å². The number of nitrogens with two attached hydrogens (primary N) is 1. The molecule has 3 N–H and O–H groups in total. The van der Waals surface area contributed by atoms with E-state index in [1.54, 1.807) is 11.3 Å². The van der Waals surface area contributed by atoms with Crippen molar-refractivity contribution in [3.8, 4) is 0 Å². The fourth-order valence-electron chi connectivity index (χ4n) is 2.44. The van der Waals surface area contributed by atoms with Crippen molar-refractivity contribution in [1.29, 1.82) is 0 Å². The fraction of sp³-hybridized carbons (Fsp3) is 0.750. The van der Waals surface area contributed by atoms with Gasteiger partial charge in [0.1, 0.15) is 0 Å². The van der Waals surface area contributed by atoms with Crippen molar-refractivity contribution >= 4 is 21.5 Å². The standard InChI is InChI=1S/C12H22N4O2S2/c1-10-15-11(9-19-10)5-6-14-20(17,18)16-7-3-2-4-12(16)8-13/h9,12,14H,2-8,13H2,1H3. The van der Waals surface area contributed by atoms with Crippen molar-refractivity contribution in [2.45, 2.75) is 38.6 Å². The summed E-state index contributed by atoms with van der Waals surface area (Å²) < 4.78 is 28.8. The molecule has 1 aromatic heterocycles. The number of hydrogen-bond acceptors (Lipinski definition) is 5. The van der Waals surface area contributed by atoms with Crippen LogP contribution in [0.4, 0.5) is 0 Å². The number of piperidine rings is 1. The van der Waals surface area contributed by atoms with Gasteiger partial charge in [-0.25, -0.2) is 9.71 Å². The highest BCUT2D eigenvalue weighted by Gasteiger charge is 2.30. The van der Waals surface area contributed by atoms with Gasteiger partial charge in [-0.3, -0.25) is 0 Å². The van der Waals surface area contributed by atoms with Crippen LogP contribution in [0.1, 0.15) is 30.0 Å². The van der Waals surface area contributed by atoms with Crippen LogP contribution in [-0.2, 0) is 16.6 Å². The zero-order chi connectivity index (χ0) is 14.6. The summed E-state index contributed by atoms with van der Waals surface area (Å²) in [5.74, 6) is 0. The third-order valence-electron chi connectivity index (χ3n) is 3.49. The summed E-state index contributed by atoms with van der Waals surface area (Å²) in [5, 5.41) is 2.97. The molecular formula is C12H22N4O2S2. The molecule has 1 aliphatic rings. The number of nitrogens with one attached hydrogen (secondary N) is 1. The molecule has 2 rings (SSSR count). The van der Waals surface area contributed by atoms with E-state index in [1.807, 2.05) is 12.3 Å². The van der Waals surface area contributed by atoms with E-state index in [0.717, 1.165) is 30.0 Å². The molecule has 1 unspecified atom stereocenters. The molecule has 8 heteroatoms. The highest BCUT2D eigenvalue weighted by molar-refractivity contribution is 7.87. The molecule has 0 amide bonds. The first-order valence-electron chi connectivity index (χ1n) is 6.90. The van der Waals surface area contributed by atoms with Crippen LogP contribution in [0.15, 0.2) is 5.38 Å². The average Bonchev–Trinajstić information content (AvgIpc) is 2.84. The number of aryl methyl sites for hydroxylation is 1. The monoisotopic (exact) mass is 318 g/mol. The Morgan fingerprint density at radius 2 is 2.35 bits per heavy atom. The van der Waals surface area contributed by atoms with Crippen molar-refractivity contribution < 1.29 is 8.42 Å². The molecule has 0 aliphatic carbocycles. The maximum absolute atomic E-state index is 12.3. The topological polar surface area (TPSA) is 88.3 Å². The normalized spacial score (nSPS) is 21.2. The maximum atomic E-state index is 12.3. The lowest BCUT2D eigenvalue weighted by molar-refractivity contribution is 0.254. The van der Waals surface area contributed by atoms with Gasteiger partial charge in [0.2, 0.25) is 0 Å². The van der Waals surface area contributed by atoms with Crippen LogP contribution >= 0.6 is 11.3 Å². The molecule has 1 atom stereocenters. The SMILES string of the molecule is Cc1nc(CCNS(=O)(=O)N2CCCCC2CN)cs1. The molecule has 114 valence electrons. The number of aromatic nitrogens is 1. The molecule has 6 nitrogen and oxygen atoms in total. The highest BCUT2D eigenvalue weighted by Crippen LogP contribution is 2.18. The van der Waals surface area contributed by atoms with Crippen molar-refractivity contribution in [3.05, 3.63) is 16.1 Å². The number of hydrogen-bond donors (Lipinski definition) is 2. The van der Waals surface area contributed by atoms with Crippen LogP contribution in [0.3, 0.4) is 0 Å². The second-order valence-corrected chi connectivity index (χ2v) is 7.77. The van der Waals surface area contributed by atoms with Crippen LogP contribution in [0.25, 0.3) is 0 Å². The third-order valence-corrected chi connectivity index (χ3v) is 5.98. The lowest BCUT2D eigenvalue weighted by Crippen LogP contribution is -2.51. The van der Waals surface area contributed by atoms with E-state index >= 15 is 0 Å². The van der Waals surface area contributed by atoms with Gasteiger partial charge in [0.25, 0.3) is 10.2 Å². The van der Waals surface area contributed by atoms with Crippen molar-refractivity contribution in [2.75, 3.05) is 19.6 Å². The number of rotatable bonds is 6. The first-order valence-corrected chi connectivity index (χ1v) is 9.22. The minimum atomic E-state index is -3.43. The van der Waals surface area contributed by atoms with Crippen molar-refractivity contribution in [3.63, 3.8) is 0 Å². The summed E-state index contributed by atoms with van der Waals surface area (Å²) in [4.78, 5) is 4.32. The Kier molecular flexibility index (Phi) is 5.50. The van der Waals surface area contributed by atoms with Gasteiger partial charge in [0, 0.05) is 37.5 Å². The summed E-state index contributed by atoms with van der Waals surface area (Å²) in [5.41, 5.74) is 6.60. The smallest absolute Gasteiger partial charge is 0.279 e. The quantitative estimate of drug-likeness (QED) is 0.806. The van der Waals surface area contributed by atoms with Crippen LogP contribution in [0.2, 0.25) is 0 Å². The fourth-order valence-corrected chi connectivity index (χ4v) is 4.57. The average molecular weight is 318 g/mol. The highest BCUT2D eigenvalue weighted by atomic mass is 32.2. The molecule has 20 heavy (non-hydrogen) atoms. The summed E-state index contributed by atoms with van der Waals surface area (Å²) in [6.07, 6.45) is 3.42. The molecule has 0 bridgehead atoms. The molecule has 0 spiro atoms. The van der Waals surface area contributed by atoms with E-state index < -0.39 is 10.2 Å². The number of nitrogens with zero attached hydrogens (tertiary/aromatic N) is 2. The first kappa shape index (κ1) is 15.8. The van der Waals surface area contributed by atoms with Gasteiger partial charge in [-0.15, -0.1) is 11.3 Å². The lowest BCUT2D eigenvalue weighted by Gasteiger charge is -2.33. The predicted octanol–water partition coefficient (Wildman–Crippen LogP) is 0.642. The molecule has 1 aromatic rings. The summed E-state index contributed by atoms with van der Waals surface area (Å²) >= 11 is 1.58. The van der Waals surface area contributed by atoms with Gasteiger partial charge in [-0.05, 0) is 19.8 Å². The Bertz CT molecular complexity index is 529. The second-order valence-electron chi connectivity index (χ2n) is 5.00. The van der Waals surface area contributed by atoms with Crippen molar-refractivity contribution in [2.24, 2.45) is 5.73 Å². The molecule has 2 heterocycles. The Morgan fingerprint density at radius 3 is 3.00 bits per heavy atom. The van der Waals surface area contributed by atoms with Crippen molar-refractivity contribution in [1.82, 2.24) is 14.0 Å². The van der Waals surface area contributed by atoms with E-state index in [0.29, 0.717) is 26.1 Å². The van der Waals surface area contributed by atoms with Crippen LogP contribution in [0.5, 0.6) is 0 Å². The Labute approximate surface area is 124 Å². The molecule has 0 saturated carbocycles. The molecule has 0 aromatic carbocycles. The van der Waals surface area contributed by atoms with Gasteiger partial charge < -0.3 is 5.73 Å². The Balaban J connectivity index is 1.89. The zero-order valence-electron chi connectivity index (χ0n) is 11.7. The van der Waals surface area contributed by atoms with Crippen LogP contribution in [-0.4, -0.2) is 43.4 Å².